The molecular formula is C39H31ClFN3O7. The molecule has 4 aliphatic rings. The number of phenols is 1. The lowest BCUT2D eigenvalue weighted by Crippen LogP contribution is -2.53. The molecule has 2 aliphatic heterocycles. The monoisotopic (exact) mass is 707 g/mol. The van der Waals surface area contributed by atoms with Crippen molar-refractivity contribution in [2.24, 2.45) is 23.7 Å². The largest absolute Gasteiger partial charge is 0.507 e. The Morgan fingerprint density at radius 1 is 0.902 bits per heavy atom. The molecule has 0 radical (unpaired) electrons. The number of carbonyl (C=O) groups excluding carboxylic acids is 4. The van der Waals surface area contributed by atoms with E-state index in [1.807, 2.05) is 24.3 Å². The van der Waals surface area contributed by atoms with Crippen molar-refractivity contribution < 1.29 is 38.6 Å². The minimum absolute atomic E-state index is 0.0123. The van der Waals surface area contributed by atoms with E-state index in [-0.39, 0.29) is 30.8 Å². The number of nitrogens with one attached hydrogen (secondary N) is 1. The lowest BCUT2D eigenvalue weighted by Gasteiger charge is -2.50. The van der Waals surface area contributed by atoms with E-state index >= 15 is 4.79 Å². The molecule has 0 bridgehead atoms. The van der Waals surface area contributed by atoms with Crippen LogP contribution >= 0.6 is 11.6 Å². The summed E-state index contributed by atoms with van der Waals surface area (Å²) in [6.07, 6.45) is 1.61. The number of nitrogens with zero attached hydrogens (tertiary/aromatic N) is 2. The van der Waals surface area contributed by atoms with E-state index in [0.717, 1.165) is 15.3 Å². The van der Waals surface area contributed by atoms with Gasteiger partial charge >= 0.3 is 5.97 Å². The number of aromatic hydroxyl groups is 1. The lowest BCUT2D eigenvalue weighted by molar-refractivity contribution is -0.143. The first-order chi connectivity index (χ1) is 24.5. The maximum absolute atomic E-state index is 15.2. The van der Waals surface area contributed by atoms with E-state index in [0.29, 0.717) is 27.1 Å². The van der Waals surface area contributed by atoms with Crippen LogP contribution in [0.15, 0.2) is 96.6 Å². The fourth-order valence-corrected chi connectivity index (χ4v) is 9.12. The number of halogens is 2. The summed E-state index contributed by atoms with van der Waals surface area (Å²) in [6.45, 7) is -0.276. The highest BCUT2D eigenvalue weighted by atomic mass is 35.5. The summed E-state index contributed by atoms with van der Waals surface area (Å²) >= 11 is 6.34. The third-order valence-corrected chi connectivity index (χ3v) is 11.4. The molecule has 1 saturated carbocycles. The Bertz CT molecular complexity index is 2190. The fourth-order valence-electron chi connectivity index (χ4n) is 9.00. The minimum Gasteiger partial charge on any atom is -0.507 e. The molecule has 10 nitrogen and oxygen atoms in total. The second kappa shape index (κ2) is 12.1. The first-order valence-electron chi connectivity index (χ1n) is 16.7. The maximum atomic E-state index is 15.2. The highest BCUT2D eigenvalue weighted by Gasteiger charge is 2.70. The van der Waals surface area contributed by atoms with Gasteiger partial charge in [-0.05, 0) is 66.1 Å². The van der Waals surface area contributed by atoms with Crippen molar-refractivity contribution >= 4 is 57.7 Å². The number of benzene rings is 4. The van der Waals surface area contributed by atoms with Crippen LogP contribution in [0.25, 0.3) is 10.8 Å². The molecule has 0 spiro atoms. The molecule has 258 valence electrons. The molecule has 51 heavy (non-hydrogen) atoms. The summed E-state index contributed by atoms with van der Waals surface area (Å²) in [5, 5.41) is 24.0. The van der Waals surface area contributed by atoms with Crippen LogP contribution in [0.3, 0.4) is 0 Å². The summed E-state index contributed by atoms with van der Waals surface area (Å²) in [5.41, 5.74) is 3.00. The predicted molar refractivity (Wildman–Crippen MR) is 184 cm³/mol. The van der Waals surface area contributed by atoms with Crippen LogP contribution in [0.1, 0.15) is 36.3 Å². The van der Waals surface area contributed by atoms with E-state index in [9.17, 15) is 33.8 Å². The molecule has 4 aromatic rings. The Kier molecular flexibility index (Phi) is 7.71. The summed E-state index contributed by atoms with van der Waals surface area (Å²) in [5.74, 6) is -8.36. The van der Waals surface area contributed by atoms with E-state index in [4.69, 9.17) is 11.6 Å². The van der Waals surface area contributed by atoms with E-state index in [2.05, 4.69) is 5.43 Å². The quantitative estimate of drug-likeness (QED) is 0.162. The van der Waals surface area contributed by atoms with Gasteiger partial charge in [0.05, 0.1) is 35.3 Å². The molecule has 0 unspecified atom stereocenters. The van der Waals surface area contributed by atoms with Crippen LogP contribution < -0.4 is 5.43 Å². The van der Waals surface area contributed by atoms with Gasteiger partial charge in [0.25, 0.3) is 11.8 Å². The Morgan fingerprint density at radius 3 is 2.35 bits per heavy atom. The van der Waals surface area contributed by atoms with Crippen LogP contribution in [0.5, 0.6) is 5.75 Å². The molecule has 0 aromatic heterocycles. The van der Waals surface area contributed by atoms with Crippen LogP contribution in [-0.4, -0.2) is 56.3 Å². The van der Waals surface area contributed by atoms with Crippen molar-refractivity contribution in [1.29, 1.82) is 0 Å². The van der Waals surface area contributed by atoms with Crippen LogP contribution in [0.4, 0.5) is 10.1 Å². The third-order valence-electron chi connectivity index (χ3n) is 11.1. The lowest BCUT2D eigenvalue weighted by atomic mass is 9.49. The fraction of sp³-hybridized carbons (Fsp3) is 0.256. The van der Waals surface area contributed by atoms with Gasteiger partial charge in [0, 0.05) is 28.4 Å². The van der Waals surface area contributed by atoms with Gasteiger partial charge in [-0.25, -0.2) is 4.39 Å². The van der Waals surface area contributed by atoms with Crippen molar-refractivity contribution in [3.8, 4) is 5.75 Å². The summed E-state index contributed by atoms with van der Waals surface area (Å²) in [4.78, 5) is 70.1. The Balaban J connectivity index is 1.36. The molecule has 2 heterocycles. The smallest absolute Gasteiger partial charge is 0.305 e. The minimum atomic E-state index is -1.65. The van der Waals surface area contributed by atoms with Gasteiger partial charge < -0.3 is 10.2 Å². The van der Waals surface area contributed by atoms with Crippen molar-refractivity contribution in [2.75, 3.05) is 12.0 Å². The summed E-state index contributed by atoms with van der Waals surface area (Å²) in [7, 11) is 0. The molecule has 3 fully saturated rings. The van der Waals surface area contributed by atoms with E-state index in [1.54, 1.807) is 42.5 Å². The number of hydrazine groups is 1. The van der Waals surface area contributed by atoms with E-state index in [1.165, 1.54) is 24.3 Å². The van der Waals surface area contributed by atoms with Gasteiger partial charge in [-0.2, -0.15) is 5.01 Å². The third kappa shape index (κ3) is 4.85. The summed E-state index contributed by atoms with van der Waals surface area (Å²) < 4.78 is 13.8. The SMILES string of the molecule is O=C(O)CCN1C(=O)[C@H]2[C@H](CC=C3[C@H]2C[C@H]2C(=O)N(Nc4ccc(F)cc4)C(=O)[C@@]2(c2ccc(Cl)cc2)[C@H]3c2ccc3ccccc3c2O)C1=O. The number of hydrogen-bond acceptors (Lipinski definition) is 7. The van der Waals surface area contributed by atoms with Crippen LogP contribution in [0.2, 0.25) is 5.02 Å². The molecule has 2 aliphatic carbocycles. The average Bonchev–Trinajstić information content (AvgIpc) is 3.49. The second-order valence-electron chi connectivity index (χ2n) is 13.6. The number of carbonyl (C=O) groups is 5. The number of amides is 4. The number of aliphatic carboxylic acids is 1. The number of imide groups is 2. The number of rotatable bonds is 7. The number of phenolic OH excluding ortho intramolecular Hbond substituents is 1. The van der Waals surface area contributed by atoms with Crippen molar-refractivity contribution in [2.45, 2.75) is 30.6 Å². The number of allylic oxidation sites excluding steroid dienone is 2. The number of carboxylic acid groups (broad SMARTS) is 1. The Hall–Kier alpha value is -5.55. The molecular weight excluding hydrogens is 677 g/mol. The maximum Gasteiger partial charge on any atom is 0.305 e. The number of fused-ring (bicyclic) bond motifs is 5. The first-order valence-corrected chi connectivity index (χ1v) is 17.0. The first kappa shape index (κ1) is 32.6. The highest BCUT2D eigenvalue weighted by molar-refractivity contribution is 6.30. The highest BCUT2D eigenvalue weighted by Crippen LogP contribution is 2.65. The molecule has 3 N–H and O–H groups in total. The molecule has 4 amide bonds. The van der Waals surface area contributed by atoms with Gasteiger partial charge in [0.1, 0.15) is 11.6 Å². The number of likely N-dealkylation sites (tertiary alicyclic amines) is 1. The van der Waals surface area contributed by atoms with Crippen LogP contribution in [-0.2, 0) is 29.4 Å². The number of anilines is 1. The predicted octanol–water partition coefficient (Wildman–Crippen LogP) is 5.80. The van der Waals surface area contributed by atoms with Gasteiger partial charge in [0.15, 0.2) is 0 Å². The zero-order valence-electron chi connectivity index (χ0n) is 27.0. The Morgan fingerprint density at radius 2 is 1.63 bits per heavy atom. The second-order valence-corrected chi connectivity index (χ2v) is 14.0. The van der Waals surface area contributed by atoms with Gasteiger partial charge in [-0.3, -0.25) is 34.3 Å². The van der Waals surface area contributed by atoms with Crippen molar-refractivity contribution in [3.05, 3.63) is 119 Å². The van der Waals surface area contributed by atoms with Gasteiger partial charge in [-0.1, -0.05) is 71.8 Å². The van der Waals surface area contributed by atoms with Gasteiger partial charge in [-0.15, -0.1) is 0 Å². The molecule has 6 atom stereocenters. The molecule has 4 aromatic carbocycles. The standard InChI is InChI=1S/C39H31ClFN3O7/c40-22-8-6-21(7-9-22)39-30(36(49)44(38(39)51)42-24-12-10-23(41)11-13-24)19-29-26(33(39)28-14-5-20-3-1-2-4-25(20)34(28)47)15-16-27-32(29)37(50)43(35(27)48)18-17-31(45)46/h1-15,27,29-30,32-33,42,47H,16-19H2,(H,45,46)/t27-,29+,30-,32-,33+,39+/m0/s1. The summed E-state index contributed by atoms with van der Waals surface area (Å²) in [6, 6.07) is 22.6. The topological polar surface area (TPSA) is 144 Å². The number of hydrogen-bond donors (Lipinski definition) is 3. The molecule has 2 saturated heterocycles. The van der Waals surface area contributed by atoms with Crippen molar-refractivity contribution in [1.82, 2.24) is 9.91 Å². The zero-order valence-corrected chi connectivity index (χ0v) is 27.7. The van der Waals surface area contributed by atoms with E-state index < -0.39 is 76.8 Å². The van der Waals surface area contributed by atoms with Crippen LogP contribution in [0, 0.1) is 29.5 Å². The number of carboxylic acids is 1. The molecule has 8 rings (SSSR count). The molecule has 12 heteroatoms. The zero-order chi connectivity index (χ0) is 35.8. The Labute approximate surface area is 296 Å². The normalized spacial score (nSPS) is 26.9. The van der Waals surface area contributed by atoms with Crippen molar-refractivity contribution in [3.63, 3.8) is 0 Å². The van der Waals surface area contributed by atoms with Gasteiger partial charge in [0.2, 0.25) is 11.8 Å². The average molecular weight is 708 g/mol.